The fraction of sp³-hybridized carbons (Fsp3) is 0.143. The molecule has 0 aliphatic carbocycles. The maximum atomic E-state index is 13.5. The molecule has 0 bridgehead atoms. The van der Waals surface area contributed by atoms with Crippen molar-refractivity contribution in [1.82, 2.24) is 0 Å². The molecule has 2 rings (SSSR count). The summed E-state index contributed by atoms with van der Waals surface area (Å²) < 4.78 is 19.7. The average molecular weight is 311 g/mol. The summed E-state index contributed by atoms with van der Waals surface area (Å²) in [5.41, 5.74) is 0.789. The Kier molecular flexibility index (Phi) is 3.99. The van der Waals surface area contributed by atoms with Crippen molar-refractivity contribution in [3.05, 3.63) is 58.3 Å². The predicted octanol–water partition coefficient (Wildman–Crippen LogP) is 4.43. The third kappa shape index (κ3) is 3.09. The number of halogens is 2. The molecule has 2 nitrogen and oxygen atoms in total. The second kappa shape index (κ2) is 5.50. The van der Waals surface area contributed by atoms with Gasteiger partial charge in [0.15, 0.2) is 11.6 Å². The van der Waals surface area contributed by atoms with Crippen molar-refractivity contribution in [1.29, 1.82) is 0 Å². The molecule has 94 valence electrons. The largest absolute Gasteiger partial charge is 0.454 e. The first-order valence-corrected chi connectivity index (χ1v) is 6.26. The highest BCUT2D eigenvalue weighted by molar-refractivity contribution is 9.10. The molecule has 0 amide bonds. The van der Waals surface area contributed by atoms with E-state index in [4.69, 9.17) is 4.74 Å². The highest BCUT2D eigenvalue weighted by atomic mass is 79.9. The third-order valence-electron chi connectivity index (χ3n) is 2.48. The second-order valence-electron chi connectivity index (χ2n) is 3.92. The van der Waals surface area contributed by atoms with Crippen molar-refractivity contribution < 1.29 is 14.2 Å². The molecule has 1 atom stereocenters. The lowest BCUT2D eigenvalue weighted by Crippen LogP contribution is -1.92. The molecule has 2 aromatic rings. The lowest BCUT2D eigenvalue weighted by molar-refractivity contribution is 0.199. The van der Waals surface area contributed by atoms with Gasteiger partial charge in [0.2, 0.25) is 0 Å². The maximum Gasteiger partial charge on any atom is 0.165 e. The smallest absolute Gasteiger partial charge is 0.165 e. The van der Waals surface area contributed by atoms with Gasteiger partial charge in [-0.2, -0.15) is 0 Å². The minimum Gasteiger partial charge on any atom is -0.454 e. The average Bonchev–Trinajstić information content (AvgIpc) is 2.34. The molecule has 2 aromatic carbocycles. The topological polar surface area (TPSA) is 29.5 Å². The van der Waals surface area contributed by atoms with Crippen LogP contribution in [0.5, 0.6) is 11.5 Å². The molecular formula is C14H12BrFO2. The van der Waals surface area contributed by atoms with Crippen LogP contribution in [0.2, 0.25) is 0 Å². The van der Waals surface area contributed by atoms with Gasteiger partial charge in [-0.25, -0.2) is 4.39 Å². The predicted molar refractivity (Wildman–Crippen MR) is 71.2 cm³/mol. The van der Waals surface area contributed by atoms with Gasteiger partial charge in [-0.05, 0) is 42.8 Å². The Morgan fingerprint density at radius 2 is 1.83 bits per heavy atom. The Morgan fingerprint density at radius 3 is 2.44 bits per heavy atom. The maximum absolute atomic E-state index is 13.5. The molecule has 0 heterocycles. The van der Waals surface area contributed by atoms with Crippen molar-refractivity contribution in [3.63, 3.8) is 0 Å². The first-order chi connectivity index (χ1) is 8.56. The van der Waals surface area contributed by atoms with Gasteiger partial charge in [-0.15, -0.1) is 0 Å². The fourth-order valence-electron chi connectivity index (χ4n) is 1.50. The van der Waals surface area contributed by atoms with E-state index in [-0.39, 0.29) is 5.75 Å². The molecule has 0 aliphatic rings. The highest BCUT2D eigenvalue weighted by Crippen LogP contribution is 2.28. The Bertz CT molecular complexity index is 538. The first kappa shape index (κ1) is 13.1. The summed E-state index contributed by atoms with van der Waals surface area (Å²) in [5.74, 6) is 0.267. The van der Waals surface area contributed by atoms with Gasteiger partial charge in [0.1, 0.15) is 5.75 Å². The van der Waals surface area contributed by atoms with Crippen LogP contribution < -0.4 is 4.74 Å². The molecule has 4 heteroatoms. The van der Waals surface area contributed by atoms with E-state index >= 15 is 0 Å². The zero-order valence-electron chi connectivity index (χ0n) is 9.73. The van der Waals surface area contributed by atoms with Crippen molar-refractivity contribution in [2.24, 2.45) is 0 Å². The molecule has 0 radical (unpaired) electrons. The van der Waals surface area contributed by atoms with Crippen molar-refractivity contribution in [2.45, 2.75) is 13.0 Å². The lowest BCUT2D eigenvalue weighted by Gasteiger charge is -2.09. The van der Waals surface area contributed by atoms with Crippen molar-refractivity contribution in [2.75, 3.05) is 0 Å². The monoisotopic (exact) mass is 310 g/mol. The van der Waals surface area contributed by atoms with Gasteiger partial charge in [-0.1, -0.05) is 28.1 Å². The quantitative estimate of drug-likeness (QED) is 0.908. The normalized spacial score (nSPS) is 12.2. The van der Waals surface area contributed by atoms with Crippen molar-refractivity contribution in [3.8, 4) is 11.5 Å². The second-order valence-corrected chi connectivity index (χ2v) is 4.84. The van der Waals surface area contributed by atoms with Crippen molar-refractivity contribution >= 4 is 15.9 Å². The van der Waals surface area contributed by atoms with Crippen LogP contribution in [0, 0.1) is 5.82 Å². The molecular weight excluding hydrogens is 299 g/mol. The summed E-state index contributed by atoms with van der Waals surface area (Å²) >= 11 is 3.26. The Morgan fingerprint density at radius 1 is 1.17 bits per heavy atom. The molecule has 18 heavy (non-hydrogen) atoms. The lowest BCUT2D eigenvalue weighted by atomic mass is 10.1. The van der Waals surface area contributed by atoms with Gasteiger partial charge in [-0.3, -0.25) is 0 Å². The van der Waals surface area contributed by atoms with Crippen LogP contribution in [0.25, 0.3) is 0 Å². The van der Waals surface area contributed by atoms with E-state index in [1.807, 2.05) is 0 Å². The van der Waals surface area contributed by atoms with Gasteiger partial charge >= 0.3 is 0 Å². The van der Waals surface area contributed by atoms with Gasteiger partial charge in [0, 0.05) is 4.47 Å². The molecule has 0 aliphatic heterocycles. The van der Waals surface area contributed by atoms with E-state index < -0.39 is 11.9 Å². The van der Waals surface area contributed by atoms with Crippen LogP contribution in [0.15, 0.2) is 46.9 Å². The Balaban J connectivity index is 2.21. The van der Waals surface area contributed by atoms with E-state index in [9.17, 15) is 9.50 Å². The zero-order valence-corrected chi connectivity index (χ0v) is 11.3. The number of hydrogen-bond donors (Lipinski definition) is 1. The summed E-state index contributed by atoms with van der Waals surface area (Å²) in [4.78, 5) is 0. The molecule has 0 spiro atoms. The van der Waals surface area contributed by atoms with E-state index in [1.54, 1.807) is 43.3 Å². The van der Waals surface area contributed by atoms with Crippen LogP contribution in [-0.4, -0.2) is 5.11 Å². The van der Waals surface area contributed by atoms with E-state index in [2.05, 4.69) is 15.9 Å². The summed E-state index contributed by atoms with van der Waals surface area (Å²) in [5, 5.41) is 9.38. The highest BCUT2D eigenvalue weighted by Gasteiger charge is 2.06. The Labute approximate surface area is 113 Å². The van der Waals surface area contributed by atoms with Crippen LogP contribution in [-0.2, 0) is 0 Å². The van der Waals surface area contributed by atoms with E-state index in [1.165, 1.54) is 6.07 Å². The minimum absolute atomic E-state index is 0.161. The molecule has 0 saturated heterocycles. The molecule has 0 saturated carbocycles. The zero-order chi connectivity index (χ0) is 13.1. The Hall–Kier alpha value is -1.39. The number of ether oxygens (including phenoxy) is 1. The summed E-state index contributed by atoms with van der Waals surface area (Å²) in [6, 6.07) is 11.4. The van der Waals surface area contributed by atoms with Crippen LogP contribution in [0.3, 0.4) is 0 Å². The van der Waals surface area contributed by atoms with Crippen LogP contribution >= 0.6 is 15.9 Å². The number of aliphatic hydroxyl groups is 1. The molecule has 1 N–H and O–H groups in total. The van der Waals surface area contributed by atoms with E-state index in [0.29, 0.717) is 5.75 Å². The summed E-state index contributed by atoms with van der Waals surface area (Å²) in [6.45, 7) is 1.68. The van der Waals surface area contributed by atoms with Crippen LogP contribution in [0.1, 0.15) is 18.6 Å². The first-order valence-electron chi connectivity index (χ1n) is 5.47. The number of rotatable bonds is 3. The molecule has 0 aromatic heterocycles. The SMILES string of the molecule is C[C@@H](O)c1ccc(Oc2cc(Br)ccc2F)cc1. The number of aliphatic hydroxyl groups excluding tert-OH is 1. The van der Waals surface area contributed by atoms with Gasteiger partial charge < -0.3 is 9.84 Å². The number of hydrogen-bond acceptors (Lipinski definition) is 2. The summed E-state index contributed by atoms with van der Waals surface area (Å²) in [6.07, 6.45) is -0.526. The standard InChI is InChI=1S/C14H12BrFO2/c1-9(17)10-2-5-12(6-3-10)18-14-8-11(15)4-7-13(14)16/h2-9,17H,1H3/t9-/m1/s1. The molecule has 0 fully saturated rings. The number of benzene rings is 2. The summed E-state index contributed by atoms with van der Waals surface area (Å²) in [7, 11) is 0. The fourth-order valence-corrected chi connectivity index (χ4v) is 1.84. The van der Waals surface area contributed by atoms with Gasteiger partial charge in [0.05, 0.1) is 6.10 Å². The van der Waals surface area contributed by atoms with Gasteiger partial charge in [0.25, 0.3) is 0 Å². The molecule has 0 unspecified atom stereocenters. The van der Waals surface area contributed by atoms with E-state index in [0.717, 1.165) is 10.0 Å². The third-order valence-corrected chi connectivity index (χ3v) is 2.98. The minimum atomic E-state index is -0.526. The van der Waals surface area contributed by atoms with Crippen LogP contribution in [0.4, 0.5) is 4.39 Å².